The van der Waals surface area contributed by atoms with Gasteiger partial charge >= 0.3 is 5.97 Å². The first-order chi connectivity index (χ1) is 8.04. The van der Waals surface area contributed by atoms with Crippen LogP contribution in [0.1, 0.15) is 33.1 Å². The fourth-order valence-electron chi connectivity index (χ4n) is 1.25. The van der Waals surface area contributed by atoms with Crippen LogP contribution >= 0.6 is 0 Å². The predicted octanol–water partition coefficient (Wildman–Crippen LogP) is 0.656. The maximum Gasteiger partial charge on any atom is 0.358 e. The lowest BCUT2D eigenvalue weighted by Gasteiger charge is -2.13. The molecule has 2 amide bonds. The lowest BCUT2D eigenvalue weighted by Crippen LogP contribution is -2.33. The summed E-state index contributed by atoms with van der Waals surface area (Å²) in [5, 5.41) is 0.523. The van der Waals surface area contributed by atoms with Crippen molar-refractivity contribution in [3.63, 3.8) is 0 Å². The van der Waals surface area contributed by atoms with Crippen LogP contribution in [0.3, 0.4) is 0 Å². The fourth-order valence-corrected chi connectivity index (χ4v) is 1.25. The summed E-state index contributed by atoms with van der Waals surface area (Å²) in [5.74, 6) is -1.33. The molecule has 0 radical (unpaired) electrons. The number of hydroxylamine groups is 2. The molecule has 0 aromatic heterocycles. The Hall–Kier alpha value is -1.43. The molecule has 1 aliphatic heterocycles. The summed E-state index contributed by atoms with van der Waals surface area (Å²) in [6, 6.07) is 0. The SMILES string of the molecule is CCC(C)COCC(=O)ON1C(=O)CCC1=O. The van der Waals surface area contributed by atoms with E-state index in [-0.39, 0.29) is 19.4 Å². The second kappa shape index (κ2) is 6.34. The molecule has 1 heterocycles. The van der Waals surface area contributed by atoms with Gasteiger partial charge in [-0.25, -0.2) is 4.79 Å². The van der Waals surface area contributed by atoms with E-state index >= 15 is 0 Å². The van der Waals surface area contributed by atoms with Crippen LogP contribution in [0, 0.1) is 5.92 Å². The highest BCUT2D eigenvalue weighted by Gasteiger charge is 2.32. The molecule has 0 N–H and O–H groups in total. The average molecular weight is 243 g/mol. The van der Waals surface area contributed by atoms with Crippen molar-refractivity contribution in [3.05, 3.63) is 0 Å². The highest BCUT2D eigenvalue weighted by atomic mass is 16.7. The molecule has 6 nitrogen and oxygen atoms in total. The molecule has 0 spiro atoms. The van der Waals surface area contributed by atoms with Crippen molar-refractivity contribution < 1.29 is 24.0 Å². The molecule has 17 heavy (non-hydrogen) atoms. The van der Waals surface area contributed by atoms with Crippen LogP contribution in [-0.4, -0.2) is 36.1 Å². The number of carbonyl (C=O) groups is 3. The lowest BCUT2D eigenvalue weighted by atomic mass is 10.1. The van der Waals surface area contributed by atoms with E-state index in [4.69, 9.17) is 4.74 Å². The molecule has 1 aliphatic rings. The number of nitrogens with zero attached hydrogens (tertiary/aromatic N) is 1. The summed E-state index contributed by atoms with van der Waals surface area (Å²) in [6.07, 6.45) is 1.15. The first-order valence-corrected chi connectivity index (χ1v) is 5.69. The van der Waals surface area contributed by atoms with Gasteiger partial charge in [0.15, 0.2) is 0 Å². The number of ether oxygens (including phenoxy) is 1. The van der Waals surface area contributed by atoms with Gasteiger partial charge in [-0.05, 0) is 5.92 Å². The van der Waals surface area contributed by atoms with Gasteiger partial charge in [-0.15, -0.1) is 5.06 Å². The van der Waals surface area contributed by atoms with Gasteiger partial charge in [-0.1, -0.05) is 20.3 Å². The molecule has 6 heteroatoms. The van der Waals surface area contributed by atoms with Crippen LogP contribution in [0.2, 0.25) is 0 Å². The van der Waals surface area contributed by atoms with Gasteiger partial charge in [0.25, 0.3) is 11.8 Å². The molecule has 0 bridgehead atoms. The van der Waals surface area contributed by atoms with E-state index in [9.17, 15) is 14.4 Å². The second-order valence-corrected chi connectivity index (χ2v) is 4.07. The fraction of sp³-hybridized carbons (Fsp3) is 0.727. The van der Waals surface area contributed by atoms with Gasteiger partial charge in [0.1, 0.15) is 6.61 Å². The van der Waals surface area contributed by atoms with E-state index in [0.29, 0.717) is 17.6 Å². The molecule has 1 rings (SSSR count). The number of imide groups is 1. The van der Waals surface area contributed by atoms with E-state index < -0.39 is 17.8 Å². The van der Waals surface area contributed by atoms with Crippen molar-refractivity contribution in [2.75, 3.05) is 13.2 Å². The van der Waals surface area contributed by atoms with Crippen LogP contribution < -0.4 is 0 Å². The predicted molar refractivity (Wildman–Crippen MR) is 57.5 cm³/mol. The molecule has 0 saturated carbocycles. The zero-order chi connectivity index (χ0) is 12.8. The van der Waals surface area contributed by atoms with Crippen LogP contribution in [0.5, 0.6) is 0 Å². The molecule has 1 fully saturated rings. The maximum atomic E-state index is 11.3. The van der Waals surface area contributed by atoms with Gasteiger partial charge in [-0.3, -0.25) is 9.59 Å². The Labute approximate surface area is 99.8 Å². The van der Waals surface area contributed by atoms with Gasteiger partial charge < -0.3 is 9.57 Å². The number of hydrogen-bond donors (Lipinski definition) is 0. The maximum absolute atomic E-state index is 11.3. The zero-order valence-electron chi connectivity index (χ0n) is 10.1. The largest absolute Gasteiger partial charge is 0.369 e. The van der Waals surface area contributed by atoms with Crippen molar-refractivity contribution in [3.8, 4) is 0 Å². The Balaban J connectivity index is 2.25. The summed E-state index contributed by atoms with van der Waals surface area (Å²) in [6.45, 7) is 4.22. The lowest BCUT2D eigenvalue weighted by molar-refractivity contribution is -0.200. The molecule has 1 saturated heterocycles. The number of hydrogen-bond acceptors (Lipinski definition) is 5. The molecule has 0 aromatic carbocycles. The summed E-state index contributed by atoms with van der Waals surface area (Å²) >= 11 is 0. The number of carbonyl (C=O) groups excluding carboxylic acids is 3. The Kier molecular flexibility index (Phi) is 5.09. The average Bonchev–Trinajstić information content (AvgIpc) is 2.60. The number of amides is 2. The molecule has 1 unspecified atom stereocenters. The minimum absolute atomic E-state index is 0.0971. The first kappa shape index (κ1) is 13.6. The van der Waals surface area contributed by atoms with Crippen LogP contribution in [0.4, 0.5) is 0 Å². The zero-order valence-corrected chi connectivity index (χ0v) is 10.1. The van der Waals surface area contributed by atoms with Gasteiger partial charge in [0.05, 0.1) is 0 Å². The molecule has 96 valence electrons. The normalized spacial score (nSPS) is 17.4. The van der Waals surface area contributed by atoms with Crippen molar-refractivity contribution in [1.82, 2.24) is 5.06 Å². The highest BCUT2D eigenvalue weighted by molar-refractivity contribution is 6.01. The van der Waals surface area contributed by atoms with Crippen LogP contribution in [0.15, 0.2) is 0 Å². The Bertz CT molecular complexity index is 299. The molecule has 0 aromatic rings. The van der Waals surface area contributed by atoms with E-state index in [1.807, 2.05) is 13.8 Å². The van der Waals surface area contributed by atoms with Crippen molar-refractivity contribution >= 4 is 17.8 Å². The van der Waals surface area contributed by atoms with Crippen LogP contribution in [0.25, 0.3) is 0 Å². The monoisotopic (exact) mass is 243 g/mol. The van der Waals surface area contributed by atoms with E-state index in [1.165, 1.54) is 0 Å². The van der Waals surface area contributed by atoms with E-state index in [0.717, 1.165) is 6.42 Å². The summed E-state index contributed by atoms with van der Waals surface area (Å²) in [4.78, 5) is 38.2. The smallest absolute Gasteiger partial charge is 0.358 e. The summed E-state index contributed by atoms with van der Waals surface area (Å²) in [5.41, 5.74) is 0. The van der Waals surface area contributed by atoms with Gasteiger partial charge in [-0.2, -0.15) is 0 Å². The highest BCUT2D eigenvalue weighted by Crippen LogP contribution is 2.12. The molecular formula is C11H17NO5. The molecule has 1 atom stereocenters. The molecular weight excluding hydrogens is 226 g/mol. The van der Waals surface area contributed by atoms with E-state index in [1.54, 1.807) is 0 Å². The van der Waals surface area contributed by atoms with Crippen LogP contribution in [-0.2, 0) is 24.0 Å². The Morgan fingerprint density at radius 2 is 1.94 bits per heavy atom. The summed E-state index contributed by atoms with van der Waals surface area (Å²) in [7, 11) is 0. The minimum Gasteiger partial charge on any atom is -0.369 e. The van der Waals surface area contributed by atoms with E-state index in [2.05, 4.69) is 4.84 Å². The van der Waals surface area contributed by atoms with Gasteiger partial charge in [0.2, 0.25) is 0 Å². The second-order valence-electron chi connectivity index (χ2n) is 4.07. The third kappa shape index (κ3) is 4.14. The standard InChI is InChI=1S/C11H17NO5/c1-3-8(2)6-16-7-11(15)17-12-9(13)4-5-10(12)14/h8H,3-7H2,1-2H3. The van der Waals surface area contributed by atoms with Crippen molar-refractivity contribution in [2.45, 2.75) is 33.1 Å². The first-order valence-electron chi connectivity index (χ1n) is 5.69. The Morgan fingerprint density at radius 1 is 1.35 bits per heavy atom. The third-order valence-corrected chi connectivity index (χ3v) is 2.52. The van der Waals surface area contributed by atoms with Crippen molar-refractivity contribution in [2.24, 2.45) is 5.92 Å². The third-order valence-electron chi connectivity index (χ3n) is 2.52. The van der Waals surface area contributed by atoms with Crippen molar-refractivity contribution in [1.29, 1.82) is 0 Å². The quantitative estimate of drug-likeness (QED) is 0.641. The summed E-state index contributed by atoms with van der Waals surface area (Å²) < 4.78 is 5.11. The topological polar surface area (TPSA) is 72.9 Å². The number of rotatable bonds is 6. The van der Waals surface area contributed by atoms with Gasteiger partial charge in [0, 0.05) is 19.4 Å². The molecule has 0 aliphatic carbocycles. The Morgan fingerprint density at radius 3 is 2.47 bits per heavy atom. The minimum atomic E-state index is -0.725.